The molecule has 36 heavy (non-hydrogen) atoms. The summed E-state index contributed by atoms with van der Waals surface area (Å²) in [5.74, 6) is 0.603. The number of nitrogens with one attached hydrogen (secondary N) is 1. The number of benzene rings is 3. The van der Waals surface area contributed by atoms with Gasteiger partial charge in [0.1, 0.15) is 5.75 Å². The Morgan fingerprint density at radius 3 is 2.08 bits per heavy atom. The number of sulfonamides is 1. The van der Waals surface area contributed by atoms with Gasteiger partial charge in [-0.05, 0) is 48.5 Å². The van der Waals surface area contributed by atoms with E-state index < -0.39 is 40.3 Å². The Morgan fingerprint density at radius 2 is 1.50 bits per heavy atom. The van der Waals surface area contributed by atoms with Crippen molar-refractivity contribution in [1.29, 1.82) is 0 Å². The molecular weight excluding hydrogens is 501 g/mol. The molecule has 2 aliphatic heterocycles. The lowest BCUT2D eigenvalue weighted by Gasteiger charge is -2.44. The number of nitrogens with zero attached hydrogens (tertiary/aromatic N) is 1. The molecule has 0 bridgehead atoms. The summed E-state index contributed by atoms with van der Waals surface area (Å²) in [7, 11) is -4.20. The Hall–Kier alpha value is -3.32. The summed E-state index contributed by atoms with van der Waals surface area (Å²) in [5, 5.41) is 11.3. The van der Waals surface area contributed by atoms with Gasteiger partial charge in [-0.1, -0.05) is 24.3 Å². The lowest BCUT2D eigenvalue weighted by Crippen LogP contribution is -2.60. The van der Waals surface area contributed by atoms with Crippen LogP contribution in [-0.4, -0.2) is 51.3 Å². The maximum atomic E-state index is 12.9. The first-order valence-electron chi connectivity index (χ1n) is 10.9. The molecule has 0 aromatic heterocycles. The van der Waals surface area contributed by atoms with E-state index in [1.54, 1.807) is 12.1 Å². The van der Waals surface area contributed by atoms with Crippen LogP contribution in [-0.2, 0) is 14.8 Å². The lowest BCUT2D eigenvalue weighted by atomic mass is 9.98. The fourth-order valence-corrected chi connectivity index (χ4v) is 5.53. The van der Waals surface area contributed by atoms with E-state index in [0.717, 1.165) is 24.3 Å². The molecule has 5 rings (SSSR count). The third-order valence-electron chi connectivity index (χ3n) is 5.87. The molecule has 0 spiro atoms. The molecule has 3 aromatic rings. The molecule has 8 nitrogen and oxygen atoms in total. The van der Waals surface area contributed by atoms with Gasteiger partial charge in [-0.15, -0.1) is 13.2 Å². The maximum absolute atomic E-state index is 12.9. The molecule has 1 fully saturated rings. The average Bonchev–Trinajstić information content (AvgIpc) is 2.83. The predicted molar refractivity (Wildman–Crippen MR) is 123 cm³/mol. The van der Waals surface area contributed by atoms with Gasteiger partial charge >= 0.3 is 6.36 Å². The van der Waals surface area contributed by atoms with Crippen molar-refractivity contribution in [3.05, 3.63) is 72.8 Å². The molecule has 190 valence electrons. The third-order valence-corrected chi connectivity index (χ3v) is 7.37. The van der Waals surface area contributed by atoms with E-state index in [-0.39, 0.29) is 18.1 Å². The topological polar surface area (TPSA) is 97.3 Å². The van der Waals surface area contributed by atoms with Crippen LogP contribution in [0.1, 0.15) is 0 Å². The maximum Gasteiger partial charge on any atom is 0.573 e. The van der Waals surface area contributed by atoms with Crippen molar-refractivity contribution in [2.75, 3.05) is 18.1 Å². The first-order valence-corrected chi connectivity index (χ1v) is 12.4. The highest BCUT2D eigenvalue weighted by Gasteiger charge is 2.42. The van der Waals surface area contributed by atoms with Crippen molar-refractivity contribution in [3.63, 3.8) is 0 Å². The lowest BCUT2D eigenvalue weighted by molar-refractivity contribution is -0.274. The number of aliphatic hydroxyl groups excluding tert-OH is 1. The highest BCUT2D eigenvalue weighted by molar-refractivity contribution is 7.89. The van der Waals surface area contributed by atoms with E-state index in [4.69, 9.17) is 9.47 Å². The Morgan fingerprint density at radius 1 is 0.917 bits per heavy atom. The minimum Gasteiger partial charge on any atom is -0.453 e. The summed E-state index contributed by atoms with van der Waals surface area (Å²) < 4.78 is 81.0. The van der Waals surface area contributed by atoms with Crippen LogP contribution in [0.4, 0.5) is 24.5 Å². The summed E-state index contributed by atoms with van der Waals surface area (Å²) in [4.78, 5) is 1.58. The van der Waals surface area contributed by atoms with Gasteiger partial charge < -0.3 is 24.2 Å². The highest BCUT2D eigenvalue weighted by atomic mass is 32.2. The van der Waals surface area contributed by atoms with Crippen LogP contribution in [0.2, 0.25) is 0 Å². The van der Waals surface area contributed by atoms with Crippen LogP contribution in [0.25, 0.3) is 0 Å². The van der Waals surface area contributed by atoms with E-state index in [0.29, 0.717) is 22.9 Å². The molecule has 3 aromatic carbocycles. The molecule has 0 radical (unpaired) electrons. The van der Waals surface area contributed by atoms with Gasteiger partial charge in [0.25, 0.3) is 0 Å². The van der Waals surface area contributed by atoms with E-state index >= 15 is 0 Å². The number of halogens is 3. The molecule has 0 aliphatic carbocycles. The zero-order valence-electron chi connectivity index (χ0n) is 18.6. The van der Waals surface area contributed by atoms with Gasteiger partial charge in [0.15, 0.2) is 11.5 Å². The number of alkyl halides is 3. The van der Waals surface area contributed by atoms with Gasteiger partial charge in [-0.25, -0.2) is 13.1 Å². The smallest absolute Gasteiger partial charge is 0.453 e. The van der Waals surface area contributed by atoms with Crippen LogP contribution >= 0.6 is 0 Å². The molecule has 0 saturated carbocycles. The molecule has 0 amide bonds. The predicted octanol–water partition coefficient (Wildman–Crippen LogP) is 3.94. The van der Waals surface area contributed by atoms with Gasteiger partial charge in [0.05, 0.1) is 47.7 Å². The SMILES string of the molecule is O=S(=O)(NC1COCC(N2c3ccccc3Oc3ccccc32)[C@H]1O)c1ccc(OC(F)(F)F)cc1. The second kappa shape index (κ2) is 9.28. The summed E-state index contributed by atoms with van der Waals surface area (Å²) in [6.07, 6.45) is -6.09. The number of anilines is 2. The quantitative estimate of drug-likeness (QED) is 0.524. The first kappa shape index (κ1) is 24.4. The number of aliphatic hydroxyl groups is 1. The zero-order chi connectivity index (χ0) is 25.5. The molecular formula is C24H21F3N2O6S. The molecule has 3 atom stereocenters. The van der Waals surface area contributed by atoms with Crippen molar-refractivity contribution in [2.24, 2.45) is 0 Å². The summed E-state index contributed by atoms with van der Waals surface area (Å²) in [6, 6.07) is 16.6. The number of hydrogen-bond donors (Lipinski definition) is 2. The average molecular weight is 523 g/mol. The normalized spacial score (nSPS) is 21.8. The molecule has 12 heteroatoms. The Kier molecular flexibility index (Phi) is 6.29. The van der Waals surface area contributed by atoms with E-state index in [9.17, 15) is 26.7 Å². The molecule has 1 saturated heterocycles. The van der Waals surface area contributed by atoms with Gasteiger partial charge in [-0.2, -0.15) is 0 Å². The zero-order valence-corrected chi connectivity index (χ0v) is 19.4. The van der Waals surface area contributed by atoms with Gasteiger partial charge in [0.2, 0.25) is 10.0 Å². The third kappa shape index (κ3) is 4.85. The summed E-state index contributed by atoms with van der Waals surface area (Å²) in [6.45, 7) is 0.0192. The van der Waals surface area contributed by atoms with Crippen molar-refractivity contribution < 1.29 is 40.9 Å². The minimum atomic E-state index is -4.89. The molecule has 2 N–H and O–H groups in total. The van der Waals surface area contributed by atoms with Gasteiger partial charge in [-0.3, -0.25) is 0 Å². The van der Waals surface area contributed by atoms with E-state index in [1.165, 1.54) is 0 Å². The minimum absolute atomic E-state index is 0.0974. The van der Waals surface area contributed by atoms with Crippen LogP contribution < -0.4 is 19.1 Å². The molecule has 2 heterocycles. The number of ether oxygens (including phenoxy) is 3. The monoisotopic (exact) mass is 522 g/mol. The Labute approximate surface area is 204 Å². The first-order chi connectivity index (χ1) is 17.1. The van der Waals surface area contributed by atoms with Crippen molar-refractivity contribution in [3.8, 4) is 17.2 Å². The van der Waals surface area contributed by atoms with Crippen LogP contribution in [0.15, 0.2) is 77.7 Å². The number of para-hydroxylation sites is 4. The standard InChI is InChI=1S/C24H21F3N2O6S/c25-24(26,27)35-15-9-11-16(12-10-15)36(31,32)28-17-13-33-14-20(23(17)30)29-18-5-1-3-7-21(18)34-22-8-4-2-6-19(22)29/h1-12,17,20,23,28,30H,13-14H2/t17?,20?,23-/m0/s1. The second-order valence-corrected chi connectivity index (χ2v) is 9.96. The highest BCUT2D eigenvalue weighted by Crippen LogP contribution is 2.48. The fourth-order valence-electron chi connectivity index (χ4n) is 4.29. The van der Waals surface area contributed by atoms with E-state index in [2.05, 4.69) is 9.46 Å². The fraction of sp³-hybridized carbons (Fsp3) is 0.250. The molecule has 2 unspecified atom stereocenters. The van der Waals surface area contributed by atoms with Crippen molar-refractivity contribution in [2.45, 2.75) is 29.4 Å². The Bertz CT molecular complexity index is 1300. The van der Waals surface area contributed by atoms with Gasteiger partial charge in [0, 0.05) is 0 Å². The summed E-state index contributed by atoms with van der Waals surface area (Å²) >= 11 is 0. The summed E-state index contributed by atoms with van der Waals surface area (Å²) in [5.41, 5.74) is 1.38. The van der Waals surface area contributed by atoms with Crippen molar-refractivity contribution >= 4 is 21.4 Å². The van der Waals surface area contributed by atoms with Crippen LogP contribution in [0, 0.1) is 0 Å². The second-order valence-electron chi connectivity index (χ2n) is 8.25. The largest absolute Gasteiger partial charge is 0.573 e. The van der Waals surface area contributed by atoms with Crippen molar-refractivity contribution in [1.82, 2.24) is 4.72 Å². The number of rotatable bonds is 5. The molecule has 2 aliphatic rings. The Balaban J connectivity index is 1.39. The van der Waals surface area contributed by atoms with E-state index in [1.807, 2.05) is 41.3 Å². The number of hydrogen-bond acceptors (Lipinski definition) is 7. The van der Waals surface area contributed by atoms with Crippen LogP contribution in [0.3, 0.4) is 0 Å². The van der Waals surface area contributed by atoms with Crippen LogP contribution in [0.5, 0.6) is 17.2 Å². The number of fused-ring (bicyclic) bond motifs is 2.